The van der Waals surface area contributed by atoms with Gasteiger partial charge < -0.3 is 28.5 Å². The molecule has 1 N–H and O–H groups in total. The van der Waals surface area contributed by atoms with Crippen LogP contribution in [-0.2, 0) is 33.3 Å². The van der Waals surface area contributed by atoms with Crippen molar-refractivity contribution in [3.63, 3.8) is 0 Å². The number of likely N-dealkylation sites (N-methyl/N-ethyl adjacent to an activating group) is 1. The normalized spacial score (nSPS) is 12.8. The van der Waals surface area contributed by atoms with Gasteiger partial charge in [0.2, 0.25) is 0 Å². The topological polar surface area (TPSA) is 108 Å². The lowest BCUT2D eigenvalue weighted by molar-refractivity contribution is -0.870. The lowest BCUT2D eigenvalue weighted by Crippen LogP contribution is -2.40. The van der Waals surface area contributed by atoms with Crippen molar-refractivity contribution in [2.45, 2.75) is 225 Å². The molecule has 320 valence electrons. The van der Waals surface area contributed by atoms with Crippen molar-refractivity contribution in [3.8, 4) is 0 Å². The number of nitrogens with zero attached hydrogens (tertiary/aromatic N) is 1. The summed E-state index contributed by atoms with van der Waals surface area (Å²) < 4.78 is 22.7. The molecule has 9 heteroatoms. The van der Waals surface area contributed by atoms with Crippen LogP contribution in [0.3, 0.4) is 0 Å². The number of quaternary nitrogens is 1. The van der Waals surface area contributed by atoms with E-state index in [-0.39, 0.29) is 38.2 Å². The Morgan fingerprint density at radius 3 is 1.19 bits per heavy atom. The highest BCUT2D eigenvalue weighted by Crippen LogP contribution is 2.16. The van der Waals surface area contributed by atoms with Crippen LogP contribution in [0.4, 0.5) is 0 Å². The Morgan fingerprint density at radius 1 is 0.481 bits per heavy atom. The summed E-state index contributed by atoms with van der Waals surface area (Å²) in [6.07, 6.45) is 34.4. The Hall–Kier alpha value is -1.71. The maximum Gasteiger partial charge on any atom is 0.361 e. The smallest absolute Gasteiger partial charge is 0.361 e. The third-order valence-corrected chi connectivity index (χ3v) is 10.1. The van der Waals surface area contributed by atoms with Crippen molar-refractivity contribution < 1.29 is 42.9 Å². The van der Waals surface area contributed by atoms with Gasteiger partial charge in [-0.05, 0) is 12.8 Å². The second-order valence-corrected chi connectivity index (χ2v) is 16.7. The molecule has 9 nitrogen and oxygen atoms in total. The van der Waals surface area contributed by atoms with Crippen LogP contribution < -0.4 is 0 Å². The summed E-state index contributed by atoms with van der Waals surface area (Å²) in [5, 5.41) is 9.63. The van der Waals surface area contributed by atoms with E-state index in [1.54, 1.807) is 0 Å². The second-order valence-electron chi connectivity index (χ2n) is 16.7. The third kappa shape index (κ3) is 38.6. The van der Waals surface area contributed by atoms with Crippen LogP contribution in [0.2, 0.25) is 0 Å². The summed E-state index contributed by atoms with van der Waals surface area (Å²) in [6.45, 7) is 4.90. The zero-order chi connectivity index (χ0) is 40.0. The highest BCUT2D eigenvalue weighted by Gasteiger charge is 2.25. The van der Waals surface area contributed by atoms with Crippen molar-refractivity contribution in [1.29, 1.82) is 0 Å². The van der Waals surface area contributed by atoms with Crippen molar-refractivity contribution in [3.05, 3.63) is 0 Å². The van der Waals surface area contributed by atoms with Crippen molar-refractivity contribution in [2.24, 2.45) is 0 Å². The molecule has 0 saturated carbocycles. The van der Waals surface area contributed by atoms with E-state index in [2.05, 4.69) is 13.8 Å². The third-order valence-electron chi connectivity index (χ3n) is 10.1. The minimum atomic E-state index is -1.50. The molecule has 54 heavy (non-hydrogen) atoms. The molecule has 0 spiro atoms. The lowest BCUT2D eigenvalue weighted by atomic mass is 10.0. The van der Waals surface area contributed by atoms with Gasteiger partial charge in [-0.1, -0.05) is 187 Å². The molecule has 0 radical (unpaired) electrons. The minimum absolute atomic E-state index is 0.173. The average molecular weight is 771 g/mol. The first-order valence-corrected chi connectivity index (χ1v) is 22.7. The number of carboxylic acids is 1. The zero-order valence-corrected chi connectivity index (χ0v) is 36.2. The average Bonchev–Trinajstić information content (AvgIpc) is 3.12. The molecule has 0 rings (SSSR count). The molecule has 0 aliphatic rings. The molecule has 0 aliphatic carbocycles. The van der Waals surface area contributed by atoms with E-state index < -0.39 is 18.4 Å². The Balaban J connectivity index is 4.40. The van der Waals surface area contributed by atoms with E-state index in [0.29, 0.717) is 17.4 Å². The highest BCUT2D eigenvalue weighted by molar-refractivity contribution is 5.71. The fourth-order valence-electron chi connectivity index (χ4n) is 6.54. The van der Waals surface area contributed by atoms with Crippen LogP contribution in [0, 0.1) is 0 Å². The van der Waals surface area contributed by atoms with Gasteiger partial charge in [0.15, 0.2) is 6.10 Å². The van der Waals surface area contributed by atoms with Gasteiger partial charge >= 0.3 is 17.9 Å². The second kappa shape index (κ2) is 38.2. The predicted molar refractivity (Wildman–Crippen MR) is 222 cm³/mol. The molecule has 2 atom stereocenters. The number of hydrogen-bond acceptors (Lipinski definition) is 7. The van der Waals surface area contributed by atoms with Crippen LogP contribution >= 0.6 is 0 Å². The summed E-state index contributed by atoms with van der Waals surface area (Å²) in [5.74, 6) is -1.99. The van der Waals surface area contributed by atoms with Gasteiger partial charge in [-0.2, -0.15) is 0 Å². The van der Waals surface area contributed by atoms with Gasteiger partial charge in [-0.3, -0.25) is 9.59 Å². The molecule has 0 aromatic rings. The highest BCUT2D eigenvalue weighted by atomic mass is 16.7. The first kappa shape index (κ1) is 52.3. The largest absolute Gasteiger partial charge is 0.477 e. The van der Waals surface area contributed by atoms with Gasteiger partial charge in [-0.15, -0.1) is 0 Å². The molecule has 2 unspecified atom stereocenters. The number of aliphatic carboxylic acids is 1. The molecule has 0 heterocycles. The number of hydrogen-bond donors (Lipinski definition) is 1. The van der Waals surface area contributed by atoms with Crippen molar-refractivity contribution in [1.82, 2.24) is 0 Å². The van der Waals surface area contributed by atoms with Gasteiger partial charge in [0.1, 0.15) is 13.2 Å². The minimum Gasteiger partial charge on any atom is -0.477 e. The fourth-order valence-corrected chi connectivity index (χ4v) is 6.54. The number of carbonyl (C=O) groups excluding carboxylic acids is 2. The first-order valence-electron chi connectivity index (χ1n) is 22.7. The number of carboxylic acid groups (broad SMARTS) is 1. The molecule has 0 aromatic carbocycles. The van der Waals surface area contributed by atoms with Gasteiger partial charge in [0, 0.05) is 12.8 Å². The van der Waals surface area contributed by atoms with Gasteiger partial charge in [0.25, 0.3) is 6.29 Å². The summed E-state index contributed by atoms with van der Waals surface area (Å²) in [4.78, 5) is 37.1. The summed E-state index contributed by atoms with van der Waals surface area (Å²) in [5.41, 5.74) is 0. The van der Waals surface area contributed by atoms with E-state index >= 15 is 0 Å². The standard InChI is InChI=1S/C45H87NO8/c1-6-8-10-12-14-16-18-20-22-24-26-28-30-32-34-36-43(48)54-41(40-53-45(44(49)50)51-38-37-46(3,4)5)39-52-42(47)35-33-31-29-27-25-23-21-19-17-15-13-11-9-7-2/h41,45H,6-40H2,1-5H3/p+1. The summed E-state index contributed by atoms with van der Waals surface area (Å²) in [7, 11) is 5.96. The Bertz CT molecular complexity index is 861. The van der Waals surface area contributed by atoms with Crippen LogP contribution in [0.15, 0.2) is 0 Å². The molecule has 0 amide bonds. The van der Waals surface area contributed by atoms with Crippen molar-refractivity contribution >= 4 is 17.9 Å². The van der Waals surface area contributed by atoms with Gasteiger partial charge in [-0.25, -0.2) is 4.79 Å². The van der Waals surface area contributed by atoms with E-state index in [1.165, 1.54) is 148 Å². The number of ether oxygens (including phenoxy) is 4. The monoisotopic (exact) mass is 771 g/mol. The fraction of sp³-hybridized carbons (Fsp3) is 0.933. The van der Waals surface area contributed by atoms with Crippen molar-refractivity contribution in [2.75, 3.05) is 47.5 Å². The van der Waals surface area contributed by atoms with Crippen LogP contribution in [-0.4, -0.2) is 87.4 Å². The molecular formula is C45H88NO8+. The van der Waals surface area contributed by atoms with E-state index in [9.17, 15) is 19.5 Å². The number of esters is 2. The Labute approximate surface area is 332 Å². The van der Waals surface area contributed by atoms with Crippen LogP contribution in [0.25, 0.3) is 0 Å². The molecular weight excluding hydrogens is 682 g/mol. The van der Waals surface area contributed by atoms with E-state index in [0.717, 1.165) is 38.5 Å². The number of carbonyl (C=O) groups is 3. The zero-order valence-electron chi connectivity index (χ0n) is 36.2. The SMILES string of the molecule is CCCCCCCCCCCCCCCCCC(=O)OC(COC(=O)CCCCCCCCCCCCCCCC)COC(OCC[N+](C)(C)C)C(=O)O. The van der Waals surface area contributed by atoms with Crippen LogP contribution in [0.5, 0.6) is 0 Å². The molecule has 0 aliphatic heterocycles. The Kier molecular flexibility index (Phi) is 37.0. The predicted octanol–water partition coefficient (Wildman–Crippen LogP) is 11.7. The molecule has 0 bridgehead atoms. The van der Waals surface area contributed by atoms with E-state index in [1.807, 2.05) is 21.1 Å². The maximum absolute atomic E-state index is 12.7. The molecule has 0 aromatic heterocycles. The Morgan fingerprint density at radius 2 is 0.833 bits per heavy atom. The van der Waals surface area contributed by atoms with E-state index in [4.69, 9.17) is 18.9 Å². The summed E-state index contributed by atoms with van der Waals surface area (Å²) >= 11 is 0. The number of unbranched alkanes of at least 4 members (excludes halogenated alkanes) is 27. The lowest BCUT2D eigenvalue weighted by Gasteiger charge is -2.25. The van der Waals surface area contributed by atoms with Crippen LogP contribution in [0.1, 0.15) is 213 Å². The van der Waals surface area contributed by atoms with Gasteiger partial charge in [0.05, 0.1) is 34.4 Å². The maximum atomic E-state index is 12.7. The number of rotatable bonds is 42. The molecule has 0 fully saturated rings. The first-order chi connectivity index (χ1) is 26.1. The summed E-state index contributed by atoms with van der Waals surface area (Å²) in [6, 6.07) is 0. The quantitative estimate of drug-likeness (QED) is 0.0283. The molecule has 0 saturated heterocycles.